The Labute approximate surface area is 289 Å². The van der Waals surface area contributed by atoms with Gasteiger partial charge in [0.15, 0.2) is 0 Å². The number of likely N-dealkylation sites (tertiary alicyclic amines) is 1. The molecule has 2 atom stereocenters. The molecule has 5 aromatic rings. The summed E-state index contributed by atoms with van der Waals surface area (Å²) in [4.78, 5) is 40.4. The molecule has 1 fully saturated rings. The number of halogens is 4. The van der Waals surface area contributed by atoms with E-state index in [2.05, 4.69) is 15.3 Å². The fourth-order valence-corrected chi connectivity index (χ4v) is 6.70. The second kappa shape index (κ2) is 13.5. The number of carbonyl (C=O) groups excluding carboxylic acids is 1. The number of nitrogens with zero attached hydrogens (tertiary/aromatic N) is 5. The Balaban J connectivity index is 1.37. The number of piperidine rings is 1. The molecule has 3 aromatic heterocycles. The zero-order valence-corrected chi connectivity index (χ0v) is 27.8. The third-order valence-corrected chi connectivity index (χ3v) is 9.17. The van der Waals surface area contributed by atoms with E-state index in [1.807, 2.05) is 37.3 Å². The van der Waals surface area contributed by atoms with Gasteiger partial charge in [0.1, 0.15) is 39.6 Å². The molecule has 0 saturated carbocycles. The number of aromatic nitrogens is 4. The van der Waals surface area contributed by atoms with E-state index in [9.17, 15) is 27.9 Å². The molecule has 11 nitrogen and oxygen atoms in total. The minimum Gasteiger partial charge on any atom is -0.493 e. The highest BCUT2D eigenvalue weighted by Gasteiger charge is 2.43. The maximum absolute atomic E-state index is 13.2. The summed E-state index contributed by atoms with van der Waals surface area (Å²) >= 11 is 6.71. The first-order chi connectivity index (χ1) is 23.8. The van der Waals surface area contributed by atoms with Crippen molar-refractivity contribution in [3.63, 3.8) is 0 Å². The third-order valence-electron chi connectivity index (χ3n) is 8.91. The van der Waals surface area contributed by atoms with E-state index in [4.69, 9.17) is 27.1 Å². The van der Waals surface area contributed by atoms with Gasteiger partial charge in [-0.2, -0.15) is 13.2 Å². The van der Waals surface area contributed by atoms with Crippen LogP contribution in [0.2, 0.25) is 5.15 Å². The number of ether oxygens (including phenoxy) is 1. The number of alkyl halides is 3. The number of fused-ring (bicyclic) bond motifs is 1. The summed E-state index contributed by atoms with van der Waals surface area (Å²) in [5.74, 6) is -0.499. The maximum atomic E-state index is 13.2. The van der Waals surface area contributed by atoms with Crippen LogP contribution in [0.1, 0.15) is 59.9 Å². The number of hydrogen-bond donors (Lipinski definition) is 3. The normalized spacial score (nSPS) is 17.9. The lowest BCUT2D eigenvalue weighted by atomic mass is 9.79. The number of imidazole rings is 1. The summed E-state index contributed by atoms with van der Waals surface area (Å²) in [6, 6.07) is 15.8. The molecule has 0 bridgehead atoms. The number of amides is 2. The van der Waals surface area contributed by atoms with Crippen LogP contribution in [0.4, 0.5) is 29.6 Å². The molecule has 0 unspecified atom stereocenters. The summed E-state index contributed by atoms with van der Waals surface area (Å²) in [5.41, 5.74) is 7.09. The van der Waals surface area contributed by atoms with Crippen LogP contribution in [0, 0.1) is 0 Å². The monoisotopic (exact) mass is 707 g/mol. The number of nitrogens with two attached hydrogens (primary N) is 1. The van der Waals surface area contributed by atoms with E-state index < -0.39 is 29.3 Å². The van der Waals surface area contributed by atoms with E-state index in [1.165, 1.54) is 23.2 Å². The van der Waals surface area contributed by atoms with Gasteiger partial charge in [0.25, 0.3) is 5.91 Å². The third kappa shape index (κ3) is 6.75. The van der Waals surface area contributed by atoms with Crippen molar-refractivity contribution in [2.75, 3.05) is 24.2 Å². The molecule has 4 N–H and O–H groups in total. The Kier molecular flexibility index (Phi) is 9.31. The van der Waals surface area contributed by atoms with Crippen LogP contribution in [0.25, 0.3) is 16.8 Å². The van der Waals surface area contributed by atoms with Crippen LogP contribution < -0.4 is 15.8 Å². The minimum atomic E-state index is -4.61. The van der Waals surface area contributed by atoms with Gasteiger partial charge in [-0.3, -0.25) is 9.20 Å². The Morgan fingerprint density at radius 3 is 2.60 bits per heavy atom. The van der Waals surface area contributed by atoms with Crippen LogP contribution in [0.15, 0.2) is 73.1 Å². The minimum absolute atomic E-state index is 0.0892. The maximum Gasteiger partial charge on any atom is 0.416 e. The summed E-state index contributed by atoms with van der Waals surface area (Å²) in [5, 5.41) is 13.0. The Bertz CT molecular complexity index is 2080. The van der Waals surface area contributed by atoms with Gasteiger partial charge in [-0.1, -0.05) is 41.9 Å². The molecular weight excluding hydrogens is 675 g/mol. The van der Waals surface area contributed by atoms with Crippen LogP contribution >= 0.6 is 11.6 Å². The molecule has 50 heavy (non-hydrogen) atoms. The first-order valence-electron chi connectivity index (χ1n) is 15.8. The highest BCUT2D eigenvalue weighted by Crippen LogP contribution is 2.42. The van der Waals surface area contributed by atoms with E-state index in [0.29, 0.717) is 41.9 Å². The molecule has 1 saturated heterocycles. The number of nitrogen functional groups attached to an aromatic ring is 1. The largest absolute Gasteiger partial charge is 0.493 e. The number of nitrogens with one attached hydrogen (secondary N) is 1. The molecule has 2 aromatic carbocycles. The number of hydrogen-bond acceptors (Lipinski definition) is 7. The smallest absolute Gasteiger partial charge is 0.416 e. The van der Waals surface area contributed by atoms with E-state index in [1.54, 1.807) is 17.4 Å². The predicted molar refractivity (Wildman–Crippen MR) is 181 cm³/mol. The number of rotatable bonds is 8. The molecule has 0 aliphatic carbocycles. The van der Waals surface area contributed by atoms with Gasteiger partial charge in [0.2, 0.25) is 0 Å². The van der Waals surface area contributed by atoms with Crippen molar-refractivity contribution >= 4 is 40.8 Å². The van der Waals surface area contributed by atoms with Gasteiger partial charge >= 0.3 is 12.3 Å². The van der Waals surface area contributed by atoms with Crippen LogP contribution in [-0.2, 0) is 12.6 Å². The van der Waals surface area contributed by atoms with Crippen molar-refractivity contribution in [1.82, 2.24) is 24.3 Å². The van der Waals surface area contributed by atoms with Crippen molar-refractivity contribution in [3.05, 3.63) is 101 Å². The van der Waals surface area contributed by atoms with E-state index in [0.717, 1.165) is 23.9 Å². The van der Waals surface area contributed by atoms with Crippen molar-refractivity contribution in [2.24, 2.45) is 0 Å². The molecular formula is C35H33ClF3N7O4. The van der Waals surface area contributed by atoms with Crippen LogP contribution in [0.5, 0.6) is 5.75 Å². The number of carboxylic acid groups (broad SMARTS) is 1. The molecule has 4 heterocycles. The molecule has 1 aliphatic heterocycles. The predicted octanol–water partition coefficient (Wildman–Crippen LogP) is 7.56. The zero-order chi connectivity index (χ0) is 35.8. The lowest BCUT2D eigenvalue weighted by Gasteiger charge is -2.46. The average Bonchev–Trinajstić information content (AvgIpc) is 3.48. The molecule has 15 heteroatoms. The standard InChI is InChI=1S/C35H33ClF3N7O4/c1-3-50-25-15-21(32(47)43-27-16-23(12-14-41-27)35(37,38)39)9-10-24(25)28-29-30(40)42-18-26(36)46(29)31(44-28)22-11-13-34(2,45(19-22)33(48)49)17-20-7-5-4-6-8-20/h4-10,12,14-16,18,22H,3,11,13,17,19H2,1-2H3,(H2,40,42)(H,48,49)(H,41,43,47)/t22-,34+/m1/s1. The quantitative estimate of drug-likeness (QED) is 0.150. The van der Waals surface area contributed by atoms with Crippen molar-refractivity contribution in [3.8, 4) is 17.0 Å². The Morgan fingerprint density at radius 2 is 1.90 bits per heavy atom. The van der Waals surface area contributed by atoms with Gasteiger partial charge < -0.3 is 25.8 Å². The van der Waals surface area contributed by atoms with Crippen molar-refractivity contribution < 1.29 is 32.6 Å². The van der Waals surface area contributed by atoms with Crippen molar-refractivity contribution in [1.29, 1.82) is 0 Å². The highest BCUT2D eigenvalue weighted by atomic mass is 35.5. The van der Waals surface area contributed by atoms with E-state index in [-0.39, 0.29) is 47.2 Å². The molecule has 2 amide bonds. The highest BCUT2D eigenvalue weighted by molar-refractivity contribution is 6.30. The summed E-state index contributed by atoms with van der Waals surface area (Å²) in [6.45, 7) is 4.05. The number of carbonyl (C=O) groups is 2. The fourth-order valence-electron chi connectivity index (χ4n) is 6.48. The van der Waals surface area contributed by atoms with Gasteiger partial charge in [-0.05, 0) is 69.0 Å². The second-order valence-corrected chi connectivity index (χ2v) is 12.7. The number of pyridine rings is 1. The van der Waals surface area contributed by atoms with Gasteiger partial charge in [0.05, 0.1) is 18.4 Å². The lowest BCUT2D eigenvalue weighted by Crippen LogP contribution is -2.55. The molecule has 1 aliphatic rings. The SMILES string of the molecule is CCOc1cc(C(=O)Nc2cc(C(F)(F)F)ccn2)ccc1-c1nc([C@@H]2CC[C@@](C)(Cc3ccccc3)N(C(=O)O)C2)n2c(Cl)cnc(N)c12. The molecule has 6 rings (SSSR count). The first-order valence-corrected chi connectivity index (χ1v) is 16.2. The zero-order valence-electron chi connectivity index (χ0n) is 27.0. The summed E-state index contributed by atoms with van der Waals surface area (Å²) < 4.78 is 47.2. The van der Waals surface area contributed by atoms with E-state index >= 15 is 0 Å². The fraction of sp³-hybridized carbons (Fsp3) is 0.286. The Morgan fingerprint density at radius 1 is 1.14 bits per heavy atom. The lowest BCUT2D eigenvalue weighted by molar-refractivity contribution is -0.137. The van der Waals surface area contributed by atoms with Gasteiger partial charge in [0, 0.05) is 35.3 Å². The second-order valence-electron chi connectivity index (χ2n) is 12.3. The van der Waals surface area contributed by atoms with Crippen molar-refractivity contribution in [2.45, 2.75) is 50.7 Å². The molecule has 0 spiro atoms. The average molecular weight is 708 g/mol. The molecule has 0 radical (unpaired) electrons. The van der Waals surface area contributed by atoms with Crippen LogP contribution in [0.3, 0.4) is 0 Å². The number of benzene rings is 2. The van der Waals surface area contributed by atoms with Crippen LogP contribution in [-0.4, -0.2) is 60.1 Å². The first kappa shape index (κ1) is 34.5. The van der Waals surface area contributed by atoms with Gasteiger partial charge in [-0.15, -0.1) is 0 Å². The summed E-state index contributed by atoms with van der Waals surface area (Å²) in [6.07, 6.45) is -1.60. The topological polar surface area (TPSA) is 148 Å². The molecule has 260 valence electrons. The number of anilines is 2. The summed E-state index contributed by atoms with van der Waals surface area (Å²) in [7, 11) is 0. The Hall–Kier alpha value is -5.37. The van der Waals surface area contributed by atoms with Gasteiger partial charge in [-0.25, -0.2) is 19.7 Å².